The summed E-state index contributed by atoms with van der Waals surface area (Å²) in [5.74, 6) is 0.561. The molecule has 0 bridgehead atoms. The van der Waals surface area contributed by atoms with Crippen LogP contribution in [0.4, 0.5) is 11.5 Å². The minimum Gasteiger partial charge on any atom is -0.368 e. The second-order valence-electron chi connectivity index (χ2n) is 9.97. The smallest absolute Gasteiger partial charge is 0.228 e. The summed E-state index contributed by atoms with van der Waals surface area (Å²) < 4.78 is 24.8. The summed E-state index contributed by atoms with van der Waals surface area (Å²) in [4.78, 5) is 20.1. The van der Waals surface area contributed by atoms with Crippen molar-refractivity contribution in [1.82, 2.24) is 20.7 Å². The van der Waals surface area contributed by atoms with Crippen LogP contribution in [0.3, 0.4) is 0 Å². The van der Waals surface area contributed by atoms with Crippen molar-refractivity contribution in [2.24, 2.45) is 5.92 Å². The van der Waals surface area contributed by atoms with E-state index in [1.807, 2.05) is 18.3 Å². The number of hydrogen-bond acceptors (Lipinski definition) is 9. The Labute approximate surface area is 230 Å². The van der Waals surface area contributed by atoms with E-state index in [1.54, 1.807) is 24.3 Å². The zero-order chi connectivity index (χ0) is 26.2. The van der Waals surface area contributed by atoms with Crippen molar-refractivity contribution in [3.63, 3.8) is 0 Å². The second-order valence-corrected chi connectivity index (χ2v) is 13.2. The summed E-state index contributed by atoms with van der Waals surface area (Å²) in [7, 11) is -3.29. The summed E-state index contributed by atoms with van der Waals surface area (Å²) >= 11 is 2.25. The van der Waals surface area contributed by atoms with Crippen molar-refractivity contribution in [3.8, 4) is 6.07 Å². The molecule has 0 spiro atoms. The van der Waals surface area contributed by atoms with Gasteiger partial charge in [0.05, 0.1) is 28.8 Å². The lowest BCUT2D eigenvalue weighted by Crippen LogP contribution is -2.62. The molecule has 0 radical (unpaired) electrons. The molecule has 3 unspecified atom stereocenters. The van der Waals surface area contributed by atoms with Gasteiger partial charge in [0.15, 0.2) is 9.84 Å². The van der Waals surface area contributed by atoms with Gasteiger partial charge in [-0.05, 0) is 78.3 Å². The highest BCUT2D eigenvalue weighted by molar-refractivity contribution is 14.1. The molecule has 1 amide bonds. The molecule has 0 aliphatic carbocycles. The van der Waals surface area contributed by atoms with Gasteiger partial charge in [-0.1, -0.05) is 0 Å². The largest absolute Gasteiger partial charge is 0.368 e. The first-order chi connectivity index (χ1) is 17.7. The number of aromatic nitrogens is 1. The molecule has 3 saturated heterocycles. The third-order valence-corrected chi connectivity index (χ3v) is 9.45. The molecule has 12 heteroatoms. The summed E-state index contributed by atoms with van der Waals surface area (Å²) in [6, 6.07) is 13.0. The lowest BCUT2D eigenvalue weighted by Gasteiger charge is -2.49. The molecule has 3 aliphatic rings. The number of carbonyl (C=O) groups excluding carboxylic acids is 1. The molecule has 1 aromatic carbocycles. The third kappa shape index (κ3) is 5.27. The van der Waals surface area contributed by atoms with Crippen LogP contribution in [0.15, 0.2) is 47.5 Å². The molecule has 5 rings (SSSR count). The number of hydrazine groups is 1. The van der Waals surface area contributed by atoms with E-state index in [0.29, 0.717) is 13.0 Å². The minimum atomic E-state index is -3.29. The topological polar surface area (TPSA) is 130 Å². The summed E-state index contributed by atoms with van der Waals surface area (Å²) in [5, 5.41) is 18.4. The molecule has 2 aromatic rings. The van der Waals surface area contributed by atoms with E-state index in [-0.39, 0.29) is 28.9 Å². The van der Waals surface area contributed by atoms with Crippen LogP contribution in [0.5, 0.6) is 0 Å². The predicted molar refractivity (Wildman–Crippen MR) is 148 cm³/mol. The zero-order valence-corrected chi connectivity index (χ0v) is 23.5. The number of nitrogens with zero attached hydrogens (tertiary/aromatic N) is 4. The van der Waals surface area contributed by atoms with Gasteiger partial charge < -0.3 is 15.5 Å². The fourth-order valence-electron chi connectivity index (χ4n) is 5.75. The van der Waals surface area contributed by atoms with Crippen molar-refractivity contribution in [3.05, 3.63) is 46.2 Å². The van der Waals surface area contributed by atoms with Crippen LogP contribution in [0.25, 0.3) is 0 Å². The minimum absolute atomic E-state index is 0.0239. The highest BCUT2D eigenvalue weighted by Crippen LogP contribution is 2.40. The van der Waals surface area contributed by atoms with Gasteiger partial charge in [0, 0.05) is 47.4 Å². The highest BCUT2D eigenvalue weighted by atomic mass is 127. The molecular formula is C25H30IN7O3S. The number of anilines is 2. The van der Waals surface area contributed by atoms with Gasteiger partial charge in [-0.3, -0.25) is 4.79 Å². The van der Waals surface area contributed by atoms with Gasteiger partial charge in [0.1, 0.15) is 12.0 Å². The average Bonchev–Trinajstić information content (AvgIpc) is 3.25. The number of pyridine rings is 1. The molecule has 196 valence electrons. The number of nitrogens with one attached hydrogen (secondary N) is 3. The SMILES string of the molecule is CS(=O)(=O)c1ccc(NC2NN(C3(CC#N)CCN(c4ccc(I)cn4)CC3)C3CCNC(=O)C23)cc1. The maximum absolute atomic E-state index is 13.0. The fraction of sp³-hybridized carbons (Fsp3) is 0.480. The summed E-state index contributed by atoms with van der Waals surface area (Å²) in [5.41, 5.74) is 3.88. The van der Waals surface area contributed by atoms with Crippen molar-refractivity contribution in [2.75, 3.05) is 36.1 Å². The quantitative estimate of drug-likeness (QED) is 0.409. The predicted octanol–water partition coefficient (Wildman–Crippen LogP) is 2.11. The molecule has 4 heterocycles. The number of fused-ring (bicyclic) bond motifs is 1. The Morgan fingerprint density at radius 1 is 1.22 bits per heavy atom. The molecule has 37 heavy (non-hydrogen) atoms. The number of benzene rings is 1. The first-order valence-corrected chi connectivity index (χ1v) is 15.3. The van der Waals surface area contributed by atoms with Crippen LogP contribution in [0, 0.1) is 20.8 Å². The number of carbonyl (C=O) groups is 1. The number of halogens is 1. The van der Waals surface area contributed by atoms with Crippen molar-refractivity contribution < 1.29 is 13.2 Å². The van der Waals surface area contributed by atoms with Gasteiger partial charge in [0.2, 0.25) is 5.91 Å². The fourth-order valence-corrected chi connectivity index (χ4v) is 6.70. The average molecular weight is 636 g/mol. The van der Waals surface area contributed by atoms with E-state index in [0.717, 1.165) is 47.4 Å². The molecule has 3 aliphatic heterocycles. The number of hydrogen-bond donors (Lipinski definition) is 3. The third-order valence-electron chi connectivity index (χ3n) is 7.68. The second kappa shape index (κ2) is 10.4. The summed E-state index contributed by atoms with van der Waals surface area (Å²) in [6.07, 6.45) is 5.32. The van der Waals surface area contributed by atoms with Crippen molar-refractivity contribution in [2.45, 2.75) is 48.3 Å². The Kier molecular flexibility index (Phi) is 7.32. The Morgan fingerprint density at radius 3 is 2.57 bits per heavy atom. The van der Waals surface area contributed by atoms with Gasteiger partial charge >= 0.3 is 0 Å². The molecule has 0 saturated carbocycles. The Balaban J connectivity index is 1.37. The number of nitriles is 1. The maximum atomic E-state index is 13.0. The van der Waals surface area contributed by atoms with Crippen LogP contribution >= 0.6 is 22.6 Å². The number of piperidine rings is 2. The van der Waals surface area contributed by atoms with Crippen LogP contribution in [-0.2, 0) is 14.6 Å². The Morgan fingerprint density at radius 2 is 1.95 bits per heavy atom. The van der Waals surface area contributed by atoms with Crippen LogP contribution < -0.4 is 21.0 Å². The molecule has 3 N–H and O–H groups in total. The standard InChI is InChI=1S/C25H30IN7O3S/c1-37(35,36)19-5-3-18(4-6-19)30-23-22-20(8-13-28-24(22)34)33(31-23)25(9-12-27)10-14-32(15-11-25)21-7-2-17(26)16-29-21/h2-7,16,20,22-23,30-31H,8-11,13-15H2,1H3,(H,28,34). The van der Waals surface area contributed by atoms with E-state index in [4.69, 9.17) is 0 Å². The first-order valence-electron chi connectivity index (χ1n) is 12.3. The normalized spacial score (nSPS) is 25.7. The first kappa shape index (κ1) is 26.1. The molecular weight excluding hydrogens is 605 g/mol. The van der Waals surface area contributed by atoms with E-state index >= 15 is 0 Å². The Bertz CT molecular complexity index is 1290. The van der Waals surface area contributed by atoms with Crippen molar-refractivity contribution in [1.29, 1.82) is 5.26 Å². The molecule has 3 atom stereocenters. The van der Waals surface area contributed by atoms with E-state index in [2.05, 4.69) is 59.6 Å². The monoisotopic (exact) mass is 635 g/mol. The lowest BCUT2D eigenvalue weighted by molar-refractivity contribution is -0.128. The van der Waals surface area contributed by atoms with Crippen molar-refractivity contribution >= 4 is 49.8 Å². The Hall–Kier alpha value is -2.47. The van der Waals surface area contributed by atoms with E-state index in [9.17, 15) is 18.5 Å². The number of sulfone groups is 1. The van der Waals surface area contributed by atoms with Gasteiger partial charge in [-0.15, -0.1) is 0 Å². The van der Waals surface area contributed by atoms with Crippen LogP contribution in [-0.4, -0.2) is 68.0 Å². The molecule has 1 aromatic heterocycles. The zero-order valence-electron chi connectivity index (χ0n) is 20.5. The van der Waals surface area contributed by atoms with Crippen LogP contribution in [0.1, 0.15) is 25.7 Å². The number of amides is 1. The lowest BCUT2D eigenvalue weighted by atomic mass is 9.81. The van der Waals surface area contributed by atoms with Gasteiger partial charge in [-0.2, -0.15) is 5.26 Å². The van der Waals surface area contributed by atoms with Gasteiger partial charge in [0.25, 0.3) is 0 Å². The molecule has 3 fully saturated rings. The summed E-state index contributed by atoms with van der Waals surface area (Å²) in [6.45, 7) is 2.12. The molecule has 10 nitrogen and oxygen atoms in total. The van der Waals surface area contributed by atoms with E-state index in [1.165, 1.54) is 6.26 Å². The van der Waals surface area contributed by atoms with E-state index < -0.39 is 15.4 Å². The highest BCUT2D eigenvalue weighted by Gasteiger charge is 2.54. The number of rotatable bonds is 6. The van der Waals surface area contributed by atoms with Gasteiger partial charge in [-0.25, -0.2) is 23.8 Å². The van der Waals surface area contributed by atoms with Crippen LogP contribution in [0.2, 0.25) is 0 Å². The maximum Gasteiger partial charge on any atom is 0.228 e.